The van der Waals surface area contributed by atoms with Crippen LogP contribution in [0.1, 0.15) is 11.7 Å². The predicted octanol–water partition coefficient (Wildman–Crippen LogP) is 2.78. The minimum atomic E-state index is -2.34. The Kier molecular flexibility index (Phi) is 3.52. The van der Waals surface area contributed by atoms with Gasteiger partial charge in [0.25, 0.3) is 0 Å². The Balaban J connectivity index is 3.11. The molecule has 1 rings (SSSR count). The first kappa shape index (κ1) is 11.0. The predicted molar refractivity (Wildman–Crippen MR) is 45.9 cm³/mol. The van der Waals surface area contributed by atoms with Gasteiger partial charge in [0, 0.05) is 0 Å². The van der Waals surface area contributed by atoms with Crippen LogP contribution in [0.2, 0.25) is 0 Å². The van der Waals surface area contributed by atoms with E-state index < -0.39 is 35.0 Å². The summed E-state index contributed by atoms with van der Waals surface area (Å²) in [5, 5.41) is 0. The highest BCUT2D eigenvalue weighted by atomic mass is 35.5. The van der Waals surface area contributed by atoms with Crippen LogP contribution in [-0.4, -0.2) is 11.7 Å². The zero-order valence-electron chi connectivity index (χ0n) is 6.94. The Hall–Kier alpha value is -1.03. The van der Waals surface area contributed by atoms with Crippen molar-refractivity contribution in [3.05, 3.63) is 35.4 Å². The number of hydrogen-bond donors (Lipinski definition) is 0. The van der Waals surface area contributed by atoms with Crippen molar-refractivity contribution < 1.29 is 18.0 Å². The molecule has 76 valence electrons. The van der Waals surface area contributed by atoms with E-state index in [-0.39, 0.29) is 0 Å². The van der Waals surface area contributed by atoms with E-state index in [2.05, 4.69) is 0 Å². The first-order valence-electron chi connectivity index (χ1n) is 3.74. The second-order valence-electron chi connectivity index (χ2n) is 2.60. The summed E-state index contributed by atoms with van der Waals surface area (Å²) in [4.78, 5) is 10.8. The Bertz CT molecular complexity index is 334. The van der Waals surface area contributed by atoms with Crippen LogP contribution in [0.25, 0.3) is 0 Å². The number of halogens is 4. The van der Waals surface area contributed by atoms with Gasteiger partial charge in [-0.3, -0.25) is 4.79 Å². The molecule has 0 aromatic heterocycles. The number of alkyl halides is 2. The Morgan fingerprint density at radius 1 is 1.36 bits per heavy atom. The zero-order chi connectivity index (χ0) is 10.7. The van der Waals surface area contributed by atoms with Crippen LogP contribution in [0.5, 0.6) is 0 Å². The molecule has 14 heavy (non-hydrogen) atoms. The standard InChI is InChI=1S/C9H6ClF3O/c10-4-7(14)9(13)8-5(11)2-1-3-6(8)12/h1-3,9H,4H2. The fourth-order valence-electron chi connectivity index (χ4n) is 0.982. The third kappa shape index (κ3) is 2.07. The van der Waals surface area contributed by atoms with Crippen LogP contribution in [0.3, 0.4) is 0 Å². The van der Waals surface area contributed by atoms with Crippen molar-refractivity contribution >= 4 is 17.4 Å². The van der Waals surface area contributed by atoms with E-state index in [4.69, 9.17) is 11.6 Å². The topological polar surface area (TPSA) is 17.1 Å². The second-order valence-corrected chi connectivity index (χ2v) is 2.87. The lowest BCUT2D eigenvalue weighted by molar-refractivity contribution is -0.121. The highest BCUT2D eigenvalue weighted by molar-refractivity contribution is 6.28. The van der Waals surface area contributed by atoms with Crippen LogP contribution < -0.4 is 0 Å². The van der Waals surface area contributed by atoms with Crippen molar-refractivity contribution in [1.82, 2.24) is 0 Å². The fraction of sp³-hybridized carbons (Fsp3) is 0.222. The molecule has 0 N–H and O–H groups in total. The lowest BCUT2D eigenvalue weighted by Gasteiger charge is -2.07. The zero-order valence-corrected chi connectivity index (χ0v) is 7.69. The molecule has 1 unspecified atom stereocenters. The quantitative estimate of drug-likeness (QED) is 0.719. The highest BCUT2D eigenvalue weighted by Gasteiger charge is 2.25. The molecule has 0 saturated carbocycles. The van der Waals surface area contributed by atoms with Crippen molar-refractivity contribution in [3.8, 4) is 0 Å². The summed E-state index contributed by atoms with van der Waals surface area (Å²) in [5.41, 5.74) is -0.877. The minimum Gasteiger partial charge on any atom is -0.295 e. The molecular weight excluding hydrogens is 217 g/mol. The molecule has 0 bridgehead atoms. The van der Waals surface area contributed by atoms with Crippen LogP contribution in [0.4, 0.5) is 13.2 Å². The molecule has 0 radical (unpaired) electrons. The molecule has 1 aromatic rings. The van der Waals surface area contributed by atoms with Crippen LogP contribution in [0, 0.1) is 11.6 Å². The Morgan fingerprint density at radius 2 is 1.86 bits per heavy atom. The first-order valence-corrected chi connectivity index (χ1v) is 4.28. The summed E-state index contributed by atoms with van der Waals surface area (Å²) in [6.07, 6.45) is -2.34. The number of carbonyl (C=O) groups excluding carboxylic acids is 1. The maximum absolute atomic E-state index is 13.1. The van der Waals surface area contributed by atoms with E-state index in [1.165, 1.54) is 0 Å². The van der Waals surface area contributed by atoms with Gasteiger partial charge in [0.2, 0.25) is 0 Å². The summed E-state index contributed by atoms with van der Waals surface area (Å²) in [6, 6.07) is 2.85. The van der Waals surface area contributed by atoms with Gasteiger partial charge in [-0.05, 0) is 12.1 Å². The SMILES string of the molecule is O=C(CCl)C(F)c1c(F)cccc1F. The van der Waals surface area contributed by atoms with Crippen LogP contribution >= 0.6 is 11.6 Å². The fourth-order valence-corrected chi connectivity index (χ4v) is 1.12. The van der Waals surface area contributed by atoms with Gasteiger partial charge in [-0.25, -0.2) is 13.2 Å². The summed E-state index contributed by atoms with van der Waals surface area (Å²) < 4.78 is 39.0. The summed E-state index contributed by atoms with van der Waals surface area (Å²) >= 11 is 5.07. The molecule has 0 heterocycles. The molecule has 0 aliphatic carbocycles. The van der Waals surface area contributed by atoms with E-state index >= 15 is 0 Å². The minimum absolute atomic E-state index is 0.616. The van der Waals surface area contributed by atoms with Gasteiger partial charge in [-0.2, -0.15) is 0 Å². The molecular formula is C9H6ClF3O. The Morgan fingerprint density at radius 3 is 2.29 bits per heavy atom. The molecule has 0 amide bonds. The summed E-state index contributed by atoms with van der Waals surface area (Å²) in [7, 11) is 0. The van der Waals surface area contributed by atoms with Crippen LogP contribution in [0.15, 0.2) is 18.2 Å². The molecule has 1 nitrogen and oxygen atoms in total. The first-order chi connectivity index (χ1) is 6.57. The monoisotopic (exact) mass is 222 g/mol. The third-order valence-corrected chi connectivity index (χ3v) is 1.93. The van der Waals surface area contributed by atoms with Gasteiger partial charge in [0.1, 0.15) is 11.6 Å². The molecule has 1 aromatic carbocycles. The average Bonchev–Trinajstić information content (AvgIpc) is 2.16. The van der Waals surface area contributed by atoms with Crippen molar-refractivity contribution in [2.75, 3.05) is 5.88 Å². The molecule has 1 atom stereocenters. The molecule has 5 heteroatoms. The van der Waals surface area contributed by atoms with Gasteiger partial charge in [-0.1, -0.05) is 6.07 Å². The van der Waals surface area contributed by atoms with Crippen molar-refractivity contribution in [2.45, 2.75) is 6.17 Å². The maximum Gasteiger partial charge on any atom is 0.190 e. The normalized spacial score (nSPS) is 12.6. The van der Waals surface area contributed by atoms with Gasteiger partial charge in [0.05, 0.1) is 11.4 Å². The number of benzene rings is 1. The molecule has 0 fully saturated rings. The number of rotatable bonds is 3. The lowest BCUT2D eigenvalue weighted by atomic mass is 10.1. The molecule has 0 aliphatic heterocycles. The van der Waals surface area contributed by atoms with Gasteiger partial charge < -0.3 is 0 Å². The lowest BCUT2D eigenvalue weighted by Crippen LogP contribution is -2.12. The Labute approximate surface area is 83.5 Å². The van der Waals surface area contributed by atoms with E-state index in [0.29, 0.717) is 0 Å². The van der Waals surface area contributed by atoms with E-state index in [0.717, 1.165) is 18.2 Å². The summed E-state index contributed by atoms with van der Waals surface area (Å²) in [6.45, 7) is 0. The largest absolute Gasteiger partial charge is 0.295 e. The van der Waals surface area contributed by atoms with E-state index in [1.54, 1.807) is 0 Å². The van der Waals surface area contributed by atoms with Crippen molar-refractivity contribution in [3.63, 3.8) is 0 Å². The maximum atomic E-state index is 13.1. The summed E-state index contributed by atoms with van der Waals surface area (Å²) in [5.74, 6) is -3.85. The van der Waals surface area contributed by atoms with Crippen molar-refractivity contribution in [2.24, 2.45) is 0 Å². The average molecular weight is 223 g/mol. The molecule has 0 aliphatic rings. The number of hydrogen-bond acceptors (Lipinski definition) is 1. The van der Waals surface area contributed by atoms with Gasteiger partial charge >= 0.3 is 0 Å². The smallest absolute Gasteiger partial charge is 0.190 e. The number of Topliss-reactive ketones (excluding diaryl/α,β-unsaturated/α-hetero) is 1. The van der Waals surface area contributed by atoms with E-state index in [1.807, 2.05) is 0 Å². The van der Waals surface area contributed by atoms with Crippen molar-refractivity contribution in [1.29, 1.82) is 0 Å². The second kappa shape index (κ2) is 4.46. The molecule has 0 spiro atoms. The molecule has 0 saturated heterocycles. The van der Waals surface area contributed by atoms with Crippen LogP contribution in [-0.2, 0) is 4.79 Å². The van der Waals surface area contributed by atoms with Gasteiger partial charge in [0.15, 0.2) is 12.0 Å². The number of carbonyl (C=O) groups is 1. The highest BCUT2D eigenvalue weighted by Crippen LogP contribution is 2.24. The van der Waals surface area contributed by atoms with Gasteiger partial charge in [-0.15, -0.1) is 11.6 Å². The van der Waals surface area contributed by atoms with E-state index in [9.17, 15) is 18.0 Å². The third-order valence-electron chi connectivity index (χ3n) is 1.67. The number of ketones is 1.